The molecule has 1 amide bonds. The molecule has 0 spiro atoms. The van der Waals surface area contributed by atoms with Crippen molar-refractivity contribution in [1.82, 2.24) is 0 Å². The molecule has 0 atom stereocenters. The Morgan fingerprint density at radius 2 is 1.46 bits per heavy atom. The topological polar surface area (TPSA) is 59.3 Å². The van der Waals surface area contributed by atoms with Gasteiger partial charge in [0, 0.05) is 16.6 Å². The molecule has 4 heteroatoms. The van der Waals surface area contributed by atoms with Crippen molar-refractivity contribution in [3.63, 3.8) is 0 Å². The van der Waals surface area contributed by atoms with E-state index >= 15 is 0 Å². The van der Waals surface area contributed by atoms with Gasteiger partial charge in [0.2, 0.25) is 5.76 Å². The van der Waals surface area contributed by atoms with Crippen molar-refractivity contribution in [2.75, 3.05) is 5.32 Å². The van der Waals surface area contributed by atoms with Crippen molar-refractivity contribution >= 4 is 22.4 Å². The summed E-state index contributed by atoms with van der Waals surface area (Å²) in [6.07, 6.45) is 0. The van der Waals surface area contributed by atoms with Crippen LogP contribution in [0, 0.1) is 13.8 Å². The van der Waals surface area contributed by atoms with E-state index in [-0.39, 0.29) is 5.76 Å². The first-order valence-electron chi connectivity index (χ1n) is 9.04. The summed E-state index contributed by atoms with van der Waals surface area (Å²) in [5.74, 6) is -0.441. The predicted molar refractivity (Wildman–Crippen MR) is 112 cm³/mol. The van der Waals surface area contributed by atoms with Crippen molar-refractivity contribution in [2.45, 2.75) is 13.8 Å². The Bertz CT molecular complexity index is 1240. The van der Waals surface area contributed by atoms with Crippen molar-refractivity contribution < 1.29 is 9.21 Å². The first-order valence-corrected chi connectivity index (χ1v) is 9.04. The Hall–Kier alpha value is -3.66. The minimum Gasteiger partial charge on any atom is -0.416 e. The summed E-state index contributed by atoms with van der Waals surface area (Å²) >= 11 is 0. The number of anilines is 1. The highest BCUT2D eigenvalue weighted by atomic mass is 16.4. The molecule has 3 aromatic carbocycles. The van der Waals surface area contributed by atoms with Gasteiger partial charge in [0.05, 0.1) is 5.39 Å². The molecule has 4 aromatic rings. The van der Waals surface area contributed by atoms with Crippen LogP contribution < -0.4 is 10.9 Å². The fraction of sp³-hybridized carbons (Fsp3) is 0.0833. The number of amides is 1. The van der Waals surface area contributed by atoms with Gasteiger partial charge in [0.25, 0.3) is 5.91 Å². The quantitative estimate of drug-likeness (QED) is 0.531. The van der Waals surface area contributed by atoms with Crippen LogP contribution >= 0.6 is 0 Å². The molecule has 4 nitrogen and oxygen atoms in total. The molecule has 4 rings (SSSR count). The van der Waals surface area contributed by atoms with E-state index in [4.69, 9.17) is 4.42 Å². The number of para-hydroxylation sites is 1. The maximum absolute atomic E-state index is 13.1. The van der Waals surface area contributed by atoms with Crippen LogP contribution in [0.25, 0.3) is 21.9 Å². The molecular formula is C24H19NO3. The monoisotopic (exact) mass is 369 g/mol. The maximum Gasteiger partial charge on any atom is 0.344 e. The van der Waals surface area contributed by atoms with E-state index in [0.717, 1.165) is 16.7 Å². The molecule has 0 unspecified atom stereocenters. The number of carbonyl (C=O) groups excluding carboxylic acids is 1. The lowest BCUT2D eigenvalue weighted by Gasteiger charge is -2.13. The fourth-order valence-electron chi connectivity index (χ4n) is 3.26. The van der Waals surface area contributed by atoms with Crippen molar-refractivity contribution in [1.29, 1.82) is 0 Å². The number of carbonyl (C=O) groups is 1. The van der Waals surface area contributed by atoms with Crippen LogP contribution in [0.2, 0.25) is 0 Å². The van der Waals surface area contributed by atoms with Crippen LogP contribution in [-0.2, 0) is 0 Å². The average molecular weight is 369 g/mol. The van der Waals surface area contributed by atoms with E-state index in [9.17, 15) is 9.59 Å². The number of nitrogens with one attached hydrogen (secondary N) is 1. The highest BCUT2D eigenvalue weighted by Gasteiger charge is 2.21. The van der Waals surface area contributed by atoms with Crippen LogP contribution in [-0.4, -0.2) is 5.91 Å². The molecule has 0 aliphatic heterocycles. The molecule has 1 heterocycles. The SMILES string of the molecule is Cc1ccc(-c2c(C(=O)Nc3ccccc3C)oc(=O)c3ccccc23)cc1. The molecule has 0 bridgehead atoms. The van der Waals surface area contributed by atoms with Crippen LogP contribution in [0.15, 0.2) is 82.0 Å². The smallest absolute Gasteiger partial charge is 0.344 e. The zero-order valence-corrected chi connectivity index (χ0v) is 15.7. The molecule has 138 valence electrons. The molecule has 1 aromatic heterocycles. The Morgan fingerprint density at radius 1 is 0.821 bits per heavy atom. The Kier molecular flexibility index (Phi) is 4.53. The minimum atomic E-state index is -0.526. The number of hydrogen-bond acceptors (Lipinski definition) is 3. The molecule has 1 N–H and O–H groups in total. The van der Waals surface area contributed by atoms with E-state index in [1.165, 1.54) is 0 Å². The highest BCUT2D eigenvalue weighted by Crippen LogP contribution is 2.31. The molecular weight excluding hydrogens is 350 g/mol. The van der Waals surface area contributed by atoms with Crippen molar-refractivity contribution in [3.05, 3.63) is 100 Å². The maximum atomic E-state index is 13.1. The molecule has 28 heavy (non-hydrogen) atoms. The molecule has 0 aliphatic carbocycles. The summed E-state index contributed by atoms with van der Waals surface area (Å²) in [5.41, 5.74) is 3.62. The van der Waals surface area contributed by atoms with Crippen molar-refractivity contribution in [3.8, 4) is 11.1 Å². The molecule has 0 fully saturated rings. The van der Waals surface area contributed by atoms with Crippen LogP contribution in [0.5, 0.6) is 0 Å². The van der Waals surface area contributed by atoms with Crippen molar-refractivity contribution in [2.24, 2.45) is 0 Å². The normalized spacial score (nSPS) is 10.8. The second-order valence-corrected chi connectivity index (χ2v) is 6.77. The standard InChI is InChI=1S/C24H19NO3/c1-15-11-13-17(14-12-15)21-18-8-4-5-9-19(18)24(27)28-22(21)23(26)25-20-10-6-3-7-16(20)2/h3-14H,1-2H3,(H,25,26). The zero-order chi connectivity index (χ0) is 19.7. The molecule has 0 saturated heterocycles. The van der Waals surface area contributed by atoms with E-state index in [1.54, 1.807) is 12.1 Å². The Balaban J connectivity index is 1.93. The number of hydrogen-bond donors (Lipinski definition) is 1. The zero-order valence-electron chi connectivity index (χ0n) is 15.7. The summed E-state index contributed by atoms with van der Waals surface area (Å²) < 4.78 is 5.51. The van der Waals surface area contributed by atoms with Gasteiger partial charge in [0.1, 0.15) is 0 Å². The lowest BCUT2D eigenvalue weighted by atomic mass is 9.97. The van der Waals surface area contributed by atoms with Gasteiger partial charge < -0.3 is 9.73 Å². The number of fused-ring (bicyclic) bond motifs is 1. The predicted octanol–water partition coefficient (Wildman–Crippen LogP) is 5.33. The van der Waals surface area contributed by atoms with Gasteiger partial charge in [-0.2, -0.15) is 0 Å². The van der Waals surface area contributed by atoms with E-state index in [1.807, 2.05) is 74.5 Å². The van der Waals surface area contributed by atoms with E-state index < -0.39 is 11.5 Å². The third-order valence-corrected chi connectivity index (χ3v) is 4.78. The summed E-state index contributed by atoms with van der Waals surface area (Å²) in [7, 11) is 0. The van der Waals surface area contributed by atoms with Crippen LogP contribution in [0.3, 0.4) is 0 Å². The van der Waals surface area contributed by atoms with Gasteiger partial charge in [-0.3, -0.25) is 4.79 Å². The van der Waals surface area contributed by atoms with Gasteiger partial charge in [0.15, 0.2) is 0 Å². The third kappa shape index (κ3) is 3.21. The molecule has 0 aliphatic rings. The highest BCUT2D eigenvalue weighted by molar-refractivity contribution is 6.12. The Labute approximate surface area is 162 Å². The lowest BCUT2D eigenvalue weighted by molar-refractivity contribution is 0.0994. The van der Waals surface area contributed by atoms with Crippen LogP contribution in [0.1, 0.15) is 21.7 Å². The largest absolute Gasteiger partial charge is 0.416 e. The molecule has 0 saturated carbocycles. The number of benzene rings is 3. The first-order chi connectivity index (χ1) is 13.5. The number of aryl methyl sites for hydroxylation is 2. The summed E-state index contributed by atoms with van der Waals surface area (Å²) in [6, 6.07) is 22.5. The summed E-state index contributed by atoms with van der Waals surface area (Å²) in [6.45, 7) is 3.91. The van der Waals surface area contributed by atoms with Gasteiger partial charge in [-0.25, -0.2) is 4.79 Å². The van der Waals surface area contributed by atoms with Gasteiger partial charge in [-0.15, -0.1) is 0 Å². The lowest BCUT2D eigenvalue weighted by Crippen LogP contribution is -2.17. The summed E-state index contributed by atoms with van der Waals surface area (Å²) in [4.78, 5) is 25.6. The fourth-order valence-corrected chi connectivity index (χ4v) is 3.26. The van der Waals surface area contributed by atoms with Crippen LogP contribution in [0.4, 0.5) is 5.69 Å². The van der Waals surface area contributed by atoms with E-state index in [0.29, 0.717) is 22.0 Å². The van der Waals surface area contributed by atoms with Gasteiger partial charge in [-0.05, 0) is 37.1 Å². The summed E-state index contributed by atoms with van der Waals surface area (Å²) in [5, 5.41) is 4.01. The van der Waals surface area contributed by atoms with Gasteiger partial charge >= 0.3 is 5.63 Å². The minimum absolute atomic E-state index is 0.0100. The molecule has 0 radical (unpaired) electrons. The Morgan fingerprint density at radius 3 is 2.18 bits per heavy atom. The second kappa shape index (κ2) is 7.16. The third-order valence-electron chi connectivity index (χ3n) is 4.78. The second-order valence-electron chi connectivity index (χ2n) is 6.77. The average Bonchev–Trinajstić information content (AvgIpc) is 2.70. The number of rotatable bonds is 3. The van der Waals surface area contributed by atoms with Gasteiger partial charge in [-0.1, -0.05) is 66.2 Å². The van der Waals surface area contributed by atoms with E-state index in [2.05, 4.69) is 5.32 Å². The first kappa shape index (κ1) is 17.7.